The molecule has 1 heterocycles. The molecule has 3 aromatic rings. The minimum atomic E-state index is -0.370. The van der Waals surface area contributed by atoms with E-state index in [4.69, 9.17) is 9.47 Å². The maximum absolute atomic E-state index is 13.4. The number of aryl methyl sites for hydroxylation is 1. The Morgan fingerprint density at radius 1 is 0.941 bits per heavy atom. The molecule has 0 radical (unpaired) electrons. The molecule has 0 aliphatic rings. The summed E-state index contributed by atoms with van der Waals surface area (Å²) >= 11 is 1.67. The first-order valence-corrected chi connectivity index (χ1v) is 11.9. The summed E-state index contributed by atoms with van der Waals surface area (Å²) in [6.45, 7) is 3.55. The van der Waals surface area contributed by atoms with Gasteiger partial charge in [-0.05, 0) is 36.8 Å². The zero-order valence-corrected chi connectivity index (χ0v) is 20.6. The van der Waals surface area contributed by atoms with Crippen LogP contribution >= 0.6 is 11.3 Å². The Hall–Kier alpha value is -3.36. The van der Waals surface area contributed by atoms with Crippen molar-refractivity contribution in [1.29, 1.82) is 0 Å². The van der Waals surface area contributed by atoms with Crippen LogP contribution in [-0.2, 0) is 22.6 Å². The summed E-state index contributed by atoms with van der Waals surface area (Å²) in [5.41, 5.74) is 1.63. The van der Waals surface area contributed by atoms with E-state index in [-0.39, 0.29) is 25.0 Å². The topological polar surface area (TPSA) is 71.1 Å². The van der Waals surface area contributed by atoms with Crippen LogP contribution in [0.15, 0.2) is 66.7 Å². The van der Waals surface area contributed by atoms with Crippen LogP contribution in [0.1, 0.15) is 15.3 Å². The fraction of sp³-hybridized carbons (Fsp3) is 0.308. The van der Waals surface area contributed by atoms with Crippen molar-refractivity contribution in [3.63, 3.8) is 0 Å². The van der Waals surface area contributed by atoms with Crippen LogP contribution in [0, 0.1) is 6.92 Å². The number of amides is 3. The normalized spacial score (nSPS) is 10.6. The van der Waals surface area contributed by atoms with Crippen molar-refractivity contribution in [2.45, 2.75) is 20.0 Å². The number of nitrogens with one attached hydrogen (secondary N) is 1. The van der Waals surface area contributed by atoms with Crippen molar-refractivity contribution in [2.75, 3.05) is 39.2 Å². The Balaban J connectivity index is 1.75. The van der Waals surface area contributed by atoms with Crippen LogP contribution in [-0.4, -0.2) is 55.7 Å². The molecule has 0 unspecified atom stereocenters. The molecule has 0 aliphatic heterocycles. The van der Waals surface area contributed by atoms with Crippen LogP contribution in [0.25, 0.3) is 0 Å². The summed E-state index contributed by atoms with van der Waals surface area (Å²) in [6, 6.07) is 20.7. The van der Waals surface area contributed by atoms with E-state index in [9.17, 15) is 9.59 Å². The number of carbonyl (C=O) groups is 2. The highest BCUT2D eigenvalue weighted by Gasteiger charge is 2.22. The standard InChI is InChI=1S/C26H31N3O4S/c1-20-12-13-24(34-20)18-29(17-21-8-5-4-6-9-21)25(30)19-28(14-15-32-2)26(31)27-22-10-7-11-23(16-22)33-3/h4-13,16H,14-15,17-19H2,1-3H3,(H,27,31). The molecule has 180 valence electrons. The number of urea groups is 1. The minimum absolute atomic E-state index is 0.0592. The van der Waals surface area contributed by atoms with E-state index in [1.54, 1.807) is 54.7 Å². The monoisotopic (exact) mass is 481 g/mol. The Morgan fingerprint density at radius 3 is 2.41 bits per heavy atom. The summed E-state index contributed by atoms with van der Waals surface area (Å²) in [7, 11) is 3.14. The molecule has 0 saturated carbocycles. The number of thiophene rings is 1. The average molecular weight is 482 g/mol. The summed E-state index contributed by atoms with van der Waals surface area (Å²) < 4.78 is 10.4. The number of nitrogens with zero attached hydrogens (tertiary/aromatic N) is 2. The smallest absolute Gasteiger partial charge is 0.322 e. The summed E-state index contributed by atoms with van der Waals surface area (Å²) in [5, 5.41) is 2.86. The molecule has 0 aliphatic carbocycles. The quantitative estimate of drug-likeness (QED) is 0.428. The van der Waals surface area contributed by atoms with Gasteiger partial charge in [0.05, 0.1) is 20.3 Å². The van der Waals surface area contributed by atoms with E-state index in [2.05, 4.69) is 11.4 Å². The van der Waals surface area contributed by atoms with Gasteiger partial charge in [-0.1, -0.05) is 36.4 Å². The third-order valence-electron chi connectivity index (χ3n) is 5.21. The van der Waals surface area contributed by atoms with Gasteiger partial charge in [0.15, 0.2) is 0 Å². The van der Waals surface area contributed by atoms with E-state index >= 15 is 0 Å². The van der Waals surface area contributed by atoms with E-state index < -0.39 is 0 Å². The molecule has 34 heavy (non-hydrogen) atoms. The molecular weight excluding hydrogens is 450 g/mol. The fourth-order valence-electron chi connectivity index (χ4n) is 3.41. The van der Waals surface area contributed by atoms with Crippen molar-refractivity contribution >= 4 is 29.0 Å². The number of benzene rings is 2. The van der Waals surface area contributed by atoms with Gasteiger partial charge in [-0.15, -0.1) is 11.3 Å². The average Bonchev–Trinajstić information content (AvgIpc) is 3.26. The van der Waals surface area contributed by atoms with Gasteiger partial charge in [0.1, 0.15) is 12.3 Å². The number of ether oxygens (including phenoxy) is 2. The van der Waals surface area contributed by atoms with E-state index in [0.29, 0.717) is 31.1 Å². The van der Waals surface area contributed by atoms with Gasteiger partial charge >= 0.3 is 6.03 Å². The number of rotatable bonds is 11. The molecule has 3 amide bonds. The van der Waals surface area contributed by atoms with E-state index in [1.165, 1.54) is 9.78 Å². The first-order valence-electron chi connectivity index (χ1n) is 11.0. The second-order valence-electron chi connectivity index (χ2n) is 7.82. The van der Waals surface area contributed by atoms with Gasteiger partial charge in [-0.3, -0.25) is 4.79 Å². The Bertz CT molecular complexity index is 1070. The van der Waals surface area contributed by atoms with Crippen molar-refractivity contribution in [2.24, 2.45) is 0 Å². The van der Waals surface area contributed by atoms with Crippen LogP contribution < -0.4 is 10.1 Å². The Kier molecular flexibility index (Phi) is 9.49. The Labute approximate surface area is 204 Å². The molecule has 3 rings (SSSR count). The van der Waals surface area contributed by atoms with E-state index in [0.717, 1.165) is 10.4 Å². The van der Waals surface area contributed by atoms with Crippen molar-refractivity contribution in [3.05, 3.63) is 82.0 Å². The molecule has 0 atom stereocenters. The molecule has 8 heteroatoms. The maximum Gasteiger partial charge on any atom is 0.322 e. The van der Waals surface area contributed by atoms with Crippen LogP contribution in [0.2, 0.25) is 0 Å². The van der Waals surface area contributed by atoms with Crippen molar-refractivity contribution in [1.82, 2.24) is 9.80 Å². The molecule has 0 bridgehead atoms. The predicted molar refractivity (Wildman–Crippen MR) is 135 cm³/mol. The van der Waals surface area contributed by atoms with Gasteiger partial charge in [0.2, 0.25) is 5.91 Å². The molecule has 1 N–H and O–H groups in total. The van der Waals surface area contributed by atoms with Crippen molar-refractivity contribution < 1.29 is 19.1 Å². The highest BCUT2D eigenvalue weighted by atomic mass is 32.1. The highest BCUT2D eigenvalue weighted by Crippen LogP contribution is 2.20. The predicted octanol–water partition coefficient (Wildman–Crippen LogP) is 4.77. The molecule has 0 fully saturated rings. The second-order valence-corrected chi connectivity index (χ2v) is 9.20. The molecule has 0 spiro atoms. The number of methoxy groups -OCH3 is 2. The second kappa shape index (κ2) is 12.8. The Morgan fingerprint density at radius 2 is 1.74 bits per heavy atom. The van der Waals surface area contributed by atoms with E-state index in [1.807, 2.05) is 43.3 Å². The lowest BCUT2D eigenvalue weighted by atomic mass is 10.2. The molecule has 7 nitrogen and oxygen atoms in total. The lowest BCUT2D eigenvalue weighted by Crippen LogP contribution is -2.45. The fourth-order valence-corrected chi connectivity index (χ4v) is 4.32. The molecule has 0 saturated heterocycles. The van der Waals surface area contributed by atoms with Crippen LogP contribution in [0.4, 0.5) is 10.5 Å². The van der Waals surface area contributed by atoms with Gasteiger partial charge in [-0.25, -0.2) is 4.79 Å². The summed E-state index contributed by atoms with van der Waals surface area (Å²) in [4.78, 5) is 32.0. The van der Waals surface area contributed by atoms with Gasteiger partial charge in [0.25, 0.3) is 0 Å². The van der Waals surface area contributed by atoms with Crippen LogP contribution in [0.5, 0.6) is 5.75 Å². The minimum Gasteiger partial charge on any atom is -0.497 e. The lowest BCUT2D eigenvalue weighted by Gasteiger charge is -2.27. The maximum atomic E-state index is 13.4. The number of carbonyl (C=O) groups excluding carboxylic acids is 2. The highest BCUT2D eigenvalue weighted by molar-refractivity contribution is 7.11. The van der Waals surface area contributed by atoms with Crippen LogP contribution in [0.3, 0.4) is 0 Å². The SMILES string of the molecule is COCCN(CC(=O)N(Cc1ccccc1)Cc1ccc(C)s1)C(=O)Nc1cccc(OC)c1. The lowest BCUT2D eigenvalue weighted by molar-refractivity contribution is -0.133. The molecule has 2 aromatic carbocycles. The van der Waals surface area contributed by atoms with Gasteiger partial charge in [0, 0.05) is 41.7 Å². The third kappa shape index (κ3) is 7.60. The van der Waals surface area contributed by atoms with Gasteiger partial charge in [-0.2, -0.15) is 0 Å². The first-order chi connectivity index (χ1) is 16.5. The first kappa shape index (κ1) is 25.3. The zero-order valence-electron chi connectivity index (χ0n) is 19.8. The molecule has 1 aromatic heterocycles. The summed E-state index contributed by atoms with van der Waals surface area (Å²) in [6.07, 6.45) is 0. The largest absolute Gasteiger partial charge is 0.497 e. The number of hydrogen-bond acceptors (Lipinski definition) is 5. The third-order valence-corrected chi connectivity index (χ3v) is 6.20. The number of anilines is 1. The zero-order chi connectivity index (χ0) is 24.3. The van der Waals surface area contributed by atoms with Gasteiger partial charge < -0.3 is 24.6 Å². The summed E-state index contributed by atoms with van der Waals surface area (Å²) in [5.74, 6) is 0.504. The molecular formula is C26H31N3O4S. The van der Waals surface area contributed by atoms with Crippen molar-refractivity contribution in [3.8, 4) is 5.75 Å². The number of hydrogen-bond donors (Lipinski definition) is 1.